The van der Waals surface area contributed by atoms with Gasteiger partial charge in [0.2, 0.25) is 0 Å². The van der Waals surface area contributed by atoms with Gasteiger partial charge in [-0.25, -0.2) is 9.07 Å². The molecule has 0 spiro atoms. The zero-order valence-electron chi connectivity index (χ0n) is 13.7. The molecule has 0 radical (unpaired) electrons. The van der Waals surface area contributed by atoms with E-state index in [-0.39, 0.29) is 12.4 Å². The van der Waals surface area contributed by atoms with E-state index in [0.29, 0.717) is 35.3 Å². The first-order valence-electron chi connectivity index (χ1n) is 7.98. The molecule has 0 saturated carbocycles. The van der Waals surface area contributed by atoms with Crippen molar-refractivity contribution in [2.24, 2.45) is 0 Å². The highest BCUT2D eigenvalue weighted by Crippen LogP contribution is 2.29. The van der Waals surface area contributed by atoms with Crippen molar-refractivity contribution in [3.8, 4) is 5.69 Å². The molecule has 0 aliphatic rings. The van der Waals surface area contributed by atoms with E-state index in [2.05, 4.69) is 5.10 Å². The van der Waals surface area contributed by atoms with Crippen LogP contribution in [-0.2, 0) is 25.6 Å². The van der Waals surface area contributed by atoms with Gasteiger partial charge in [0, 0.05) is 11.8 Å². The minimum atomic E-state index is -4.40. The van der Waals surface area contributed by atoms with Crippen LogP contribution in [-0.4, -0.2) is 14.9 Å². The molecule has 0 bridgehead atoms. The Morgan fingerprint density at radius 1 is 0.923 bits per heavy atom. The second-order valence-electron chi connectivity index (χ2n) is 5.84. The van der Waals surface area contributed by atoms with Crippen molar-refractivity contribution in [1.82, 2.24) is 9.78 Å². The summed E-state index contributed by atoms with van der Waals surface area (Å²) < 4.78 is 53.1. The first-order chi connectivity index (χ1) is 12.4. The molecule has 0 unspecified atom stereocenters. The summed E-state index contributed by atoms with van der Waals surface area (Å²) in [5.41, 5.74) is 1.39. The number of alkyl halides is 3. The summed E-state index contributed by atoms with van der Waals surface area (Å²) in [5.74, 6) is -0.305. The van der Waals surface area contributed by atoms with Crippen LogP contribution in [0.4, 0.5) is 17.6 Å². The SMILES string of the molecule is OCc1cn(-c2ccc(C(F)(F)F)cc2)nc1CCc1ccccc1F. The van der Waals surface area contributed by atoms with Gasteiger partial charge in [-0.05, 0) is 48.7 Å². The molecule has 26 heavy (non-hydrogen) atoms. The number of aliphatic hydroxyl groups excluding tert-OH is 1. The lowest BCUT2D eigenvalue weighted by atomic mass is 10.1. The van der Waals surface area contributed by atoms with Crippen LogP contribution in [0.2, 0.25) is 0 Å². The number of benzene rings is 2. The van der Waals surface area contributed by atoms with Crippen molar-refractivity contribution < 1.29 is 22.7 Å². The number of rotatable bonds is 5. The molecular formula is C19H16F4N2O. The fourth-order valence-electron chi connectivity index (χ4n) is 2.68. The number of hydrogen-bond acceptors (Lipinski definition) is 2. The minimum absolute atomic E-state index is 0.257. The summed E-state index contributed by atoms with van der Waals surface area (Å²) in [6.07, 6.45) is -2.02. The van der Waals surface area contributed by atoms with Crippen LogP contribution in [0.1, 0.15) is 22.4 Å². The van der Waals surface area contributed by atoms with Crippen LogP contribution in [0.5, 0.6) is 0 Å². The monoisotopic (exact) mass is 364 g/mol. The van der Waals surface area contributed by atoms with Crippen LogP contribution >= 0.6 is 0 Å². The first-order valence-corrected chi connectivity index (χ1v) is 7.98. The summed E-state index contributed by atoms with van der Waals surface area (Å²) in [5, 5.41) is 13.8. The molecule has 1 aromatic heterocycles. The molecule has 1 heterocycles. The normalized spacial score (nSPS) is 11.7. The van der Waals surface area contributed by atoms with E-state index in [9.17, 15) is 22.7 Å². The maximum absolute atomic E-state index is 13.7. The lowest BCUT2D eigenvalue weighted by molar-refractivity contribution is -0.137. The van der Waals surface area contributed by atoms with Crippen molar-refractivity contribution in [2.75, 3.05) is 0 Å². The third-order valence-electron chi connectivity index (χ3n) is 4.10. The Hall–Kier alpha value is -2.67. The van der Waals surface area contributed by atoms with Crippen LogP contribution < -0.4 is 0 Å². The van der Waals surface area contributed by atoms with E-state index >= 15 is 0 Å². The Bertz CT molecular complexity index is 885. The quantitative estimate of drug-likeness (QED) is 0.685. The molecule has 0 amide bonds. The Kier molecular flexibility index (Phi) is 5.08. The molecule has 1 N–H and O–H groups in total. The summed E-state index contributed by atoms with van der Waals surface area (Å²) in [4.78, 5) is 0. The molecule has 0 saturated heterocycles. The summed E-state index contributed by atoms with van der Waals surface area (Å²) in [7, 11) is 0. The molecule has 2 aromatic carbocycles. The molecule has 0 aliphatic carbocycles. The predicted octanol–water partition coefficient (Wildman–Crippen LogP) is 4.31. The lowest BCUT2D eigenvalue weighted by Crippen LogP contribution is -2.05. The average molecular weight is 364 g/mol. The average Bonchev–Trinajstić information content (AvgIpc) is 3.04. The summed E-state index contributed by atoms with van der Waals surface area (Å²) in [6, 6.07) is 11.0. The summed E-state index contributed by atoms with van der Waals surface area (Å²) >= 11 is 0. The Labute approximate surface area is 147 Å². The topological polar surface area (TPSA) is 38.0 Å². The molecule has 7 heteroatoms. The standard InChI is InChI=1S/C19H16F4N2O/c20-17-4-2-1-3-13(17)5-10-18-14(12-26)11-25(24-18)16-8-6-15(7-9-16)19(21,22)23/h1-4,6-9,11,26H,5,10,12H2. The van der Waals surface area contributed by atoms with Crippen molar-refractivity contribution in [2.45, 2.75) is 25.6 Å². The van der Waals surface area contributed by atoms with Gasteiger partial charge in [0.15, 0.2) is 0 Å². The van der Waals surface area contributed by atoms with Crippen LogP contribution in [0.15, 0.2) is 54.7 Å². The summed E-state index contributed by atoms with van der Waals surface area (Å²) in [6.45, 7) is -0.257. The Morgan fingerprint density at radius 3 is 2.23 bits per heavy atom. The highest BCUT2D eigenvalue weighted by Gasteiger charge is 2.30. The Balaban J connectivity index is 1.81. The van der Waals surface area contributed by atoms with Crippen molar-refractivity contribution in [1.29, 1.82) is 0 Å². The van der Waals surface area contributed by atoms with Gasteiger partial charge in [-0.2, -0.15) is 18.3 Å². The number of hydrogen-bond donors (Lipinski definition) is 1. The number of nitrogens with zero attached hydrogens (tertiary/aromatic N) is 2. The van der Waals surface area contributed by atoms with Gasteiger partial charge < -0.3 is 5.11 Å². The minimum Gasteiger partial charge on any atom is -0.392 e. The second kappa shape index (κ2) is 7.29. The predicted molar refractivity (Wildman–Crippen MR) is 88.3 cm³/mol. The molecule has 0 aliphatic heterocycles. The van der Waals surface area contributed by atoms with Gasteiger partial charge in [0.05, 0.1) is 23.6 Å². The second-order valence-corrected chi connectivity index (χ2v) is 5.84. The smallest absolute Gasteiger partial charge is 0.392 e. The largest absolute Gasteiger partial charge is 0.416 e. The maximum Gasteiger partial charge on any atom is 0.416 e. The maximum atomic E-state index is 13.7. The molecule has 3 rings (SSSR count). The first kappa shape index (κ1) is 18.1. The van der Waals surface area contributed by atoms with E-state index in [4.69, 9.17) is 0 Å². The lowest BCUT2D eigenvalue weighted by Gasteiger charge is -2.07. The van der Waals surface area contributed by atoms with E-state index in [1.165, 1.54) is 22.9 Å². The third-order valence-corrected chi connectivity index (χ3v) is 4.10. The molecule has 0 fully saturated rings. The fraction of sp³-hybridized carbons (Fsp3) is 0.211. The van der Waals surface area contributed by atoms with E-state index in [1.807, 2.05) is 0 Å². The van der Waals surface area contributed by atoms with Crippen molar-refractivity contribution >= 4 is 0 Å². The molecule has 3 aromatic rings. The third kappa shape index (κ3) is 3.94. The van der Waals surface area contributed by atoms with Crippen LogP contribution in [0.25, 0.3) is 5.69 Å². The molecule has 0 atom stereocenters. The van der Waals surface area contributed by atoms with Crippen molar-refractivity contribution in [3.63, 3.8) is 0 Å². The number of aliphatic hydroxyl groups is 1. The number of halogens is 4. The van der Waals surface area contributed by atoms with Crippen molar-refractivity contribution in [3.05, 3.63) is 82.9 Å². The molecule has 136 valence electrons. The van der Waals surface area contributed by atoms with Crippen LogP contribution in [0, 0.1) is 5.82 Å². The zero-order chi connectivity index (χ0) is 18.7. The van der Waals surface area contributed by atoms with Gasteiger partial charge in [-0.1, -0.05) is 18.2 Å². The zero-order valence-corrected chi connectivity index (χ0v) is 13.7. The van der Waals surface area contributed by atoms with Crippen LogP contribution in [0.3, 0.4) is 0 Å². The van der Waals surface area contributed by atoms with E-state index in [0.717, 1.165) is 12.1 Å². The molecule has 3 nitrogen and oxygen atoms in total. The van der Waals surface area contributed by atoms with E-state index in [1.54, 1.807) is 24.4 Å². The van der Waals surface area contributed by atoms with E-state index < -0.39 is 11.7 Å². The Morgan fingerprint density at radius 2 is 1.62 bits per heavy atom. The number of aryl methyl sites for hydroxylation is 2. The van der Waals surface area contributed by atoms with Gasteiger partial charge in [0.1, 0.15) is 5.82 Å². The highest BCUT2D eigenvalue weighted by molar-refractivity contribution is 5.36. The number of aromatic nitrogens is 2. The molecular weight excluding hydrogens is 348 g/mol. The van der Waals surface area contributed by atoms with Gasteiger partial charge in [-0.15, -0.1) is 0 Å². The fourth-order valence-corrected chi connectivity index (χ4v) is 2.68. The van der Waals surface area contributed by atoms with Gasteiger partial charge >= 0.3 is 6.18 Å². The van der Waals surface area contributed by atoms with Gasteiger partial charge in [-0.3, -0.25) is 0 Å². The highest BCUT2D eigenvalue weighted by atomic mass is 19.4. The van der Waals surface area contributed by atoms with Gasteiger partial charge in [0.25, 0.3) is 0 Å².